The highest BCUT2D eigenvalue weighted by Crippen LogP contribution is 2.23. The van der Waals surface area contributed by atoms with Gasteiger partial charge in [0.1, 0.15) is 27.4 Å². The molecule has 7 heteroatoms. The van der Waals surface area contributed by atoms with E-state index < -0.39 is 0 Å². The number of furan rings is 1. The van der Waals surface area contributed by atoms with Crippen LogP contribution in [0.3, 0.4) is 0 Å². The lowest BCUT2D eigenvalue weighted by atomic mass is 10.2. The number of fused-ring (bicyclic) bond motifs is 3. The Morgan fingerprint density at radius 3 is 2.81 bits per heavy atom. The van der Waals surface area contributed by atoms with Gasteiger partial charge in [-0.25, -0.2) is 18.8 Å². The van der Waals surface area contributed by atoms with Crippen molar-refractivity contribution >= 4 is 33.5 Å². The Hall–Kier alpha value is -3.32. The number of benzene rings is 1. The second-order valence-electron chi connectivity index (χ2n) is 5.70. The highest BCUT2D eigenvalue weighted by molar-refractivity contribution is 7.15. The van der Waals surface area contributed by atoms with Crippen LogP contribution in [0, 0.1) is 5.82 Å². The second kappa shape index (κ2) is 5.60. The third-order valence-corrected chi connectivity index (χ3v) is 5.00. The average Bonchev–Trinajstić information content (AvgIpc) is 3.32. The predicted octanol–water partition coefficient (Wildman–Crippen LogP) is 3.25. The van der Waals surface area contributed by atoms with Crippen molar-refractivity contribution in [2.75, 3.05) is 0 Å². The van der Waals surface area contributed by atoms with Crippen molar-refractivity contribution in [3.05, 3.63) is 81.2 Å². The van der Waals surface area contributed by atoms with Crippen LogP contribution in [0.2, 0.25) is 0 Å². The van der Waals surface area contributed by atoms with E-state index in [1.165, 1.54) is 27.9 Å². The van der Waals surface area contributed by atoms with Gasteiger partial charge in [0, 0.05) is 17.8 Å². The van der Waals surface area contributed by atoms with E-state index in [-0.39, 0.29) is 11.4 Å². The van der Waals surface area contributed by atoms with Crippen molar-refractivity contribution in [2.24, 2.45) is 0 Å². The molecule has 5 nitrogen and oxygen atoms in total. The molecular weight excluding hydrogens is 353 g/mol. The first-order chi connectivity index (χ1) is 12.7. The number of hydrogen-bond acceptors (Lipinski definition) is 5. The molecule has 0 saturated carbocycles. The van der Waals surface area contributed by atoms with Crippen molar-refractivity contribution in [2.45, 2.75) is 0 Å². The zero-order chi connectivity index (χ0) is 17.7. The summed E-state index contributed by atoms with van der Waals surface area (Å²) in [7, 11) is 0. The summed E-state index contributed by atoms with van der Waals surface area (Å²) < 4.78 is 20.8. The molecule has 5 rings (SSSR count). The fraction of sp³-hybridized carbons (Fsp3) is 0. The molecule has 5 aromatic rings. The molecule has 0 spiro atoms. The van der Waals surface area contributed by atoms with Gasteiger partial charge in [-0.3, -0.25) is 4.79 Å². The van der Waals surface area contributed by atoms with Gasteiger partial charge in [0.25, 0.3) is 5.56 Å². The molecule has 0 unspecified atom stereocenters. The summed E-state index contributed by atoms with van der Waals surface area (Å²) >= 11 is 1.29. The van der Waals surface area contributed by atoms with Crippen LogP contribution in [-0.4, -0.2) is 14.4 Å². The third kappa shape index (κ3) is 2.33. The topological polar surface area (TPSA) is 60.4 Å². The van der Waals surface area contributed by atoms with E-state index in [4.69, 9.17) is 4.42 Å². The van der Waals surface area contributed by atoms with Crippen LogP contribution in [-0.2, 0) is 0 Å². The summed E-state index contributed by atoms with van der Waals surface area (Å²) in [6.45, 7) is 0. The predicted molar refractivity (Wildman–Crippen MR) is 97.5 cm³/mol. The van der Waals surface area contributed by atoms with Gasteiger partial charge in [0.15, 0.2) is 10.6 Å². The molecule has 0 N–H and O–H groups in total. The maximum atomic E-state index is 13.0. The molecule has 0 amide bonds. The van der Waals surface area contributed by atoms with Gasteiger partial charge in [0.2, 0.25) is 0 Å². The monoisotopic (exact) mass is 363 g/mol. The Morgan fingerprint density at radius 1 is 1.12 bits per heavy atom. The normalized spacial score (nSPS) is 12.4. The second-order valence-corrected chi connectivity index (χ2v) is 6.71. The van der Waals surface area contributed by atoms with Crippen LogP contribution in [0.1, 0.15) is 5.76 Å². The number of thiazole rings is 1. The molecule has 0 saturated heterocycles. The van der Waals surface area contributed by atoms with E-state index in [0.717, 1.165) is 5.56 Å². The van der Waals surface area contributed by atoms with Gasteiger partial charge in [-0.2, -0.15) is 0 Å². The third-order valence-electron chi connectivity index (χ3n) is 4.03. The first-order valence-corrected chi connectivity index (χ1v) is 8.64. The van der Waals surface area contributed by atoms with Crippen LogP contribution in [0.4, 0.5) is 4.39 Å². The Kier molecular flexibility index (Phi) is 3.23. The molecule has 1 aromatic carbocycles. The fourth-order valence-corrected chi connectivity index (χ4v) is 3.77. The molecule has 126 valence electrons. The summed E-state index contributed by atoms with van der Waals surface area (Å²) in [6.07, 6.45) is 3.32. The van der Waals surface area contributed by atoms with Crippen LogP contribution < -0.4 is 10.1 Å². The summed E-state index contributed by atoms with van der Waals surface area (Å²) in [5.41, 5.74) is 1.84. The van der Waals surface area contributed by atoms with E-state index in [1.54, 1.807) is 42.6 Å². The fourth-order valence-electron chi connectivity index (χ4n) is 2.82. The maximum absolute atomic E-state index is 13.0. The Labute approximate surface area is 149 Å². The zero-order valence-corrected chi connectivity index (χ0v) is 14.0. The molecule has 0 aliphatic carbocycles. The van der Waals surface area contributed by atoms with Gasteiger partial charge >= 0.3 is 0 Å². The summed E-state index contributed by atoms with van der Waals surface area (Å²) in [5.74, 6) is 0.853. The summed E-state index contributed by atoms with van der Waals surface area (Å²) in [5, 5.41) is 0. The summed E-state index contributed by atoms with van der Waals surface area (Å²) in [6, 6.07) is 13.2. The van der Waals surface area contributed by atoms with E-state index in [0.29, 0.717) is 32.2 Å². The quantitative estimate of drug-likeness (QED) is 0.483. The van der Waals surface area contributed by atoms with Crippen LogP contribution in [0.5, 0.6) is 0 Å². The van der Waals surface area contributed by atoms with Crippen molar-refractivity contribution < 1.29 is 8.81 Å². The number of nitrogens with zero attached hydrogens (tertiary/aromatic N) is 3. The smallest absolute Gasteiger partial charge is 0.276 e. The highest BCUT2D eigenvalue weighted by Gasteiger charge is 2.12. The highest BCUT2D eigenvalue weighted by atomic mass is 32.1. The molecule has 0 aliphatic heterocycles. The van der Waals surface area contributed by atoms with Crippen molar-refractivity contribution in [3.63, 3.8) is 0 Å². The Balaban J connectivity index is 1.62. The largest absolute Gasteiger partial charge is 0.457 e. The van der Waals surface area contributed by atoms with Crippen molar-refractivity contribution in [1.29, 1.82) is 0 Å². The summed E-state index contributed by atoms with van der Waals surface area (Å²) in [4.78, 5) is 22.0. The van der Waals surface area contributed by atoms with Gasteiger partial charge < -0.3 is 4.42 Å². The van der Waals surface area contributed by atoms with E-state index in [1.807, 2.05) is 6.07 Å². The minimum absolute atomic E-state index is 0.175. The number of hydrogen-bond donors (Lipinski definition) is 0. The van der Waals surface area contributed by atoms with E-state index in [9.17, 15) is 9.18 Å². The molecule has 0 bridgehead atoms. The first kappa shape index (κ1) is 15.0. The molecule has 4 heterocycles. The Morgan fingerprint density at radius 2 is 1.96 bits per heavy atom. The number of halogens is 1. The number of rotatable bonds is 2. The average molecular weight is 363 g/mol. The van der Waals surface area contributed by atoms with Crippen molar-refractivity contribution in [3.8, 4) is 11.3 Å². The van der Waals surface area contributed by atoms with E-state index >= 15 is 0 Å². The van der Waals surface area contributed by atoms with Gasteiger partial charge in [-0.05, 0) is 48.5 Å². The Bertz CT molecular complexity index is 1370. The lowest BCUT2D eigenvalue weighted by Crippen LogP contribution is -2.22. The molecule has 0 fully saturated rings. The van der Waals surface area contributed by atoms with Gasteiger partial charge in [0.05, 0.1) is 0 Å². The number of aromatic nitrogens is 3. The molecule has 0 aliphatic rings. The molecule has 26 heavy (non-hydrogen) atoms. The SMILES string of the molecule is O=c1c(=Cc2ccc(-c3ccc(F)cc3)o2)sc2nc3cccnc3n12. The number of imidazole rings is 1. The maximum Gasteiger partial charge on any atom is 0.276 e. The van der Waals surface area contributed by atoms with Crippen molar-refractivity contribution in [1.82, 2.24) is 14.4 Å². The van der Waals surface area contributed by atoms with Gasteiger partial charge in [-0.15, -0.1) is 0 Å². The molecule has 0 atom stereocenters. The van der Waals surface area contributed by atoms with Crippen LogP contribution >= 0.6 is 11.3 Å². The lowest BCUT2D eigenvalue weighted by Gasteiger charge is -1.95. The zero-order valence-electron chi connectivity index (χ0n) is 13.2. The minimum atomic E-state index is -0.300. The lowest BCUT2D eigenvalue weighted by molar-refractivity contribution is 0.571. The molecule has 0 radical (unpaired) electrons. The van der Waals surface area contributed by atoms with Gasteiger partial charge in [-0.1, -0.05) is 11.3 Å². The van der Waals surface area contributed by atoms with Crippen LogP contribution in [0.25, 0.3) is 33.5 Å². The molecule has 4 aromatic heterocycles. The number of pyridine rings is 1. The standard InChI is InChI=1S/C19H10FN3O2S/c20-12-5-3-11(4-6-12)15-8-7-13(25-15)10-16-18(24)23-17-14(2-1-9-21-17)22-19(23)26-16/h1-10H. The van der Waals surface area contributed by atoms with E-state index in [2.05, 4.69) is 9.97 Å². The first-order valence-electron chi connectivity index (χ1n) is 7.82. The minimum Gasteiger partial charge on any atom is -0.457 e. The molecular formula is C19H10FN3O2S. The van der Waals surface area contributed by atoms with Crippen LogP contribution in [0.15, 0.2) is 63.9 Å².